The van der Waals surface area contributed by atoms with Crippen LogP contribution in [0.4, 0.5) is 5.82 Å². The number of fused-ring (bicyclic) bond motifs is 1. The third-order valence-corrected chi connectivity index (χ3v) is 3.30. The Morgan fingerprint density at radius 1 is 1.53 bits per heavy atom. The van der Waals surface area contributed by atoms with Crippen LogP contribution in [-0.2, 0) is 0 Å². The number of halogens is 1. The van der Waals surface area contributed by atoms with Gasteiger partial charge in [-0.25, -0.2) is 4.98 Å². The molecule has 0 radical (unpaired) electrons. The molecule has 0 unspecified atom stereocenters. The molecule has 4 nitrogen and oxygen atoms in total. The van der Waals surface area contributed by atoms with Crippen LogP contribution in [0, 0.1) is 6.92 Å². The number of H-pyrrole nitrogens is 1. The summed E-state index contributed by atoms with van der Waals surface area (Å²) in [6.45, 7) is 1.89. The number of nitrogens with one attached hydrogen (secondary N) is 2. The molecule has 0 fully saturated rings. The standard InChI is InChI=1S/C10H10BrN3O/c1-5-6-4-13-8(12-2)3-7(6)14-10(15)9(5)11/h3-4H,1-2H3,(H,12,13)(H,14,15). The number of anilines is 1. The first-order valence-corrected chi connectivity index (χ1v) is 5.28. The second-order valence-corrected chi connectivity index (χ2v) is 4.05. The monoisotopic (exact) mass is 267 g/mol. The van der Waals surface area contributed by atoms with Crippen LogP contribution < -0.4 is 10.9 Å². The van der Waals surface area contributed by atoms with Crippen LogP contribution in [0.25, 0.3) is 10.9 Å². The van der Waals surface area contributed by atoms with Gasteiger partial charge in [0.2, 0.25) is 0 Å². The van der Waals surface area contributed by atoms with E-state index in [4.69, 9.17) is 0 Å². The summed E-state index contributed by atoms with van der Waals surface area (Å²) >= 11 is 3.25. The highest BCUT2D eigenvalue weighted by atomic mass is 79.9. The van der Waals surface area contributed by atoms with Gasteiger partial charge in [-0.15, -0.1) is 0 Å². The molecule has 78 valence electrons. The lowest BCUT2D eigenvalue weighted by atomic mass is 10.2. The number of rotatable bonds is 1. The van der Waals surface area contributed by atoms with E-state index in [1.165, 1.54) is 0 Å². The highest BCUT2D eigenvalue weighted by Gasteiger charge is 2.06. The summed E-state index contributed by atoms with van der Waals surface area (Å²) in [7, 11) is 1.79. The van der Waals surface area contributed by atoms with Gasteiger partial charge in [0.15, 0.2) is 0 Å². The maximum Gasteiger partial charge on any atom is 0.263 e. The molecule has 0 aliphatic heterocycles. The molecule has 2 heterocycles. The van der Waals surface area contributed by atoms with E-state index in [-0.39, 0.29) is 5.56 Å². The number of aryl methyl sites for hydroxylation is 1. The summed E-state index contributed by atoms with van der Waals surface area (Å²) < 4.78 is 0.564. The molecule has 5 heteroatoms. The number of hydrogen-bond donors (Lipinski definition) is 2. The molecule has 2 rings (SSSR count). The second-order valence-electron chi connectivity index (χ2n) is 3.26. The maximum absolute atomic E-state index is 11.5. The third kappa shape index (κ3) is 1.63. The summed E-state index contributed by atoms with van der Waals surface area (Å²) in [4.78, 5) is 18.5. The van der Waals surface area contributed by atoms with E-state index in [9.17, 15) is 4.79 Å². The first kappa shape index (κ1) is 10.2. The van der Waals surface area contributed by atoms with Crippen molar-refractivity contribution < 1.29 is 0 Å². The van der Waals surface area contributed by atoms with Gasteiger partial charge in [-0.3, -0.25) is 4.79 Å². The van der Waals surface area contributed by atoms with Gasteiger partial charge in [-0.2, -0.15) is 0 Å². The lowest BCUT2D eigenvalue weighted by molar-refractivity contribution is 1.22. The van der Waals surface area contributed by atoms with Gasteiger partial charge < -0.3 is 10.3 Å². The van der Waals surface area contributed by atoms with Gasteiger partial charge in [-0.1, -0.05) is 0 Å². The van der Waals surface area contributed by atoms with Crippen LogP contribution in [0.2, 0.25) is 0 Å². The molecule has 0 saturated heterocycles. The van der Waals surface area contributed by atoms with E-state index in [0.717, 1.165) is 22.3 Å². The topological polar surface area (TPSA) is 57.8 Å². The normalized spacial score (nSPS) is 10.6. The molecule has 0 aliphatic rings. The van der Waals surface area contributed by atoms with Crippen molar-refractivity contribution in [3.63, 3.8) is 0 Å². The SMILES string of the molecule is CNc1cc2[nH]c(=O)c(Br)c(C)c2cn1. The van der Waals surface area contributed by atoms with E-state index in [0.29, 0.717) is 4.47 Å². The summed E-state index contributed by atoms with van der Waals surface area (Å²) in [5.41, 5.74) is 1.58. The minimum absolute atomic E-state index is 0.117. The molecule has 15 heavy (non-hydrogen) atoms. The molecule has 0 aromatic carbocycles. The number of pyridine rings is 2. The third-order valence-electron chi connectivity index (χ3n) is 2.34. The van der Waals surface area contributed by atoms with Crippen molar-refractivity contribution in [2.24, 2.45) is 0 Å². The minimum atomic E-state index is -0.117. The van der Waals surface area contributed by atoms with Crippen LogP contribution >= 0.6 is 15.9 Å². The molecule has 0 bridgehead atoms. The van der Waals surface area contributed by atoms with Crippen LogP contribution in [0.15, 0.2) is 21.5 Å². The maximum atomic E-state index is 11.5. The van der Waals surface area contributed by atoms with Crippen LogP contribution in [-0.4, -0.2) is 17.0 Å². The molecule has 0 aliphatic carbocycles. The molecule has 2 N–H and O–H groups in total. The zero-order chi connectivity index (χ0) is 11.0. The number of aromatic amines is 1. The van der Waals surface area contributed by atoms with Crippen molar-refractivity contribution in [3.05, 3.63) is 32.7 Å². The molecular formula is C10H10BrN3O. The average Bonchev–Trinajstić information content (AvgIpc) is 2.25. The molecule has 0 saturated carbocycles. The van der Waals surface area contributed by atoms with Crippen LogP contribution in [0.5, 0.6) is 0 Å². The Labute approximate surface area is 94.9 Å². The van der Waals surface area contributed by atoms with Crippen molar-refractivity contribution >= 4 is 32.7 Å². The van der Waals surface area contributed by atoms with Gasteiger partial charge in [0.1, 0.15) is 5.82 Å². The van der Waals surface area contributed by atoms with Crippen molar-refractivity contribution in [3.8, 4) is 0 Å². The van der Waals surface area contributed by atoms with Crippen molar-refractivity contribution in [2.45, 2.75) is 6.92 Å². The fourth-order valence-electron chi connectivity index (χ4n) is 1.46. The minimum Gasteiger partial charge on any atom is -0.373 e. The zero-order valence-electron chi connectivity index (χ0n) is 8.39. The summed E-state index contributed by atoms with van der Waals surface area (Å²) in [6, 6.07) is 1.82. The van der Waals surface area contributed by atoms with Gasteiger partial charge in [0, 0.05) is 24.7 Å². The Hall–Kier alpha value is -1.36. The first-order chi connectivity index (χ1) is 7.13. The fourth-order valence-corrected chi connectivity index (χ4v) is 1.77. The van der Waals surface area contributed by atoms with E-state index in [2.05, 4.69) is 31.2 Å². The van der Waals surface area contributed by atoms with E-state index in [1.54, 1.807) is 13.2 Å². The fraction of sp³-hybridized carbons (Fsp3) is 0.200. The largest absolute Gasteiger partial charge is 0.373 e. The molecule has 2 aromatic heterocycles. The summed E-state index contributed by atoms with van der Waals surface area (Å²) in [5, 5.41) is 3.87. The quantitative estimate of drug-likeness (QED) is 0.832. The second kappa shape index (κ2) is 3.66. The molecule has 0 spiro atoms. The van der Waals surface area contributed by atoms with Crippen LogP contribution in [0.1, 0.15) is 5.56 Å². The first-order valence-electron chi connectivity index (χ1n) is 4.49. The highest BCUT2D eigenvalue weighted by Crippen LogP contribution is 2.21. The summed E-state index contributed by atoms with van der Waals surface area (Å²) in [5.74, 6) is 0.736. The lowest BCUT2D eigenvalue weighted by Gasteiger charge is -2.05. The van der Waals surface area contributed by atoms with E-state index in [1.807, 2.05) is 13.0 Å². The van der Waals surface area contributed by atoms with Gasteiger partial charge in [-0.05, 0) is 28.4 Å². The zero-order valence-corrected chi connectivity index (χ0v) is 9.97. The van der Waals surface area contributed by atoms with Crippen molar-refractivity contribution in [1.29, 1.82) is 0 Å². The number of aromatic nitrogens is 2. The Balaban J connectivity index is 2.86. The predicted molar refractivity (Wildman–Crippen MR) is 64.3 cm³/mol. The van der Waals surface area contributed by atoms with Crippen molar-refractivity contribution in [1.82, 2.24) is 9.97 Å². The lowest BCUT2D eigenvalue weighted by Crippen LogP contribution is -2.09. The van der Waals surface area contributed by atoms with Crippen molar-refractivity contribution in [2.75, 3.05) is 12.4 Å². The number of hydrogen-bond acceptors (Lipinski definition) is 3. The van der Waals surface area contributed by atoms with Gasteiger partial charge in [0.05, 0.1) is 9.99 Å². The Morgan fingerprint density at radius 2 is 2.27 bits per heavy atom. The number of nitrogens with zero attached hydrogens (tertiary/aromatic N) is 1. The van der Waals surface area contributed by atoms with E-state index >= 15 is 0 Å². The van der Waals surface area contributed by atoms with Gasteiger partial charge >= 0.3 is 0 Å². The Kier molecular flexibility index (Phi) is 2.48. The highest BCUT2D eigenvalue weighted by molar-refractivity contribution is 9.10. The average molecular weight is 268 g/mol. The molecule has 0 amide bonds. The predicted octanol–water partition coefficient (Wildman–Crippen LogP) is 2.04. The smallest absolute Gasteiger partial charge is 0.263 e. The van der Waals surface area contributed by atoms with Crippen LogP contribution in [0.3, 0.4) is 0 Å². The van der Waals surface area contributed by atoms with Gasteiger partial charge in [0.25, 0.3) is 5.56 Å². The summed E-state index contributed by atoms with van der Waals surface area (Å²) in [6.07, 6.45) is 1.75. The molecule has 2 aromatic rings. The van der Waals surface area contributed by atoms with E-state index < -0.39 is 0 Å². The Morgan fingerprint density at radius 3 is 2.93 bits per heavy atom. The Bertz CT molecular complexity index is 577. The molecular weight excluding hydrogens is 258 g/mol. The molecule has 0 atom stereocenters.